The molecule has 0 spiro atoms. The lowest BCUT2D eigenvalue weighted by molar-refractivity contribution is 0.102. The van der Waals surface area contributed by atoms with Crippen molar-refractivity contribution in [2.75, 3.05) is 5.32 Å². The summed E-state index contributed by atoms with van der Waals surface area (Å²) >= 11 is 4.74. The highest BCUT2D eigenvalue weighted by atomic mass is 79.9. The van der Waals surface area contributed by atoms with Gasteiger partial charge in [0, 0.05) is 18.7 Å². The highest BCUT2D eigenvalue weighted by molar-refractivity contribution is 9.11. The second-order valence-electron chi connectivity index (χ2n) is 5.70. The first-order valence-electron chi connectivity index (χ1n) is 7.30. The summed E-state index contributed by atoms with van der Waals surface area (Å²) in [6.45, 7) is 1.90. The van der Waals surface area contributed by atoms with Crippen LogP contribution in [0.3, 0.4) is 0 Å². The van der Waals surface area contributed by atoms with Crippen LogP contribution in [0.2, 0.25) is 0 Å². The van der Waals surface area contributed by atoms with E-state index in [2.05, 4.69) is 31.3 Å². The van der Waals surface area contributed by atoms with Crippen LogP contribution >= 0.6 is 27.3 Å². The minimum absolute atomic E-state index is 0.169. The van der Waals surface area contributed by atoms with E-state index in [9.17, 15) is 4.79 Å². The normalized spacial score (nSPS) is 14.4. The van der Waals surface area contributed by atoms with Crippen molar-refractivity contribution in [3.63, 3.8) is 0 Å². The Bertz CT molecular complexity index is 927. The molecule has 4 rings (SSSR count). The van der Waals surface area contributed by atoms with E-state index < -0.39 is 0 Å². The third kappa shape index (κ3) is 2.66. The first kappa shape index (κ1) is 14.8. The summed E-state index contributed by atoms with van der Waals surface area (Å²) in [4.78, 5) is 21.6. The number of hydrogen-bond donors (Lipinski definition) is 1. The van der Waals surface area contributed by atoms with E-state index in [1.807, 2.05) is 20.0 Å². The third-order valence-electron chi connectivity index (χ3n) is 3.93. The van der Waals surface area contributed by atoms with E-state index >= 15 is 0 Å². The van der Waals surface area contributed by atoms with Gasteiger partial charge in [0.1, 0.15) is 0 Å². The summed E-state index contributed by atoms with van der Waals surface area (Å²) in [7, 11) is 1.86. The van der Waals surface area contributed by atoms with Gasteiger partial charge in [0.25, 0.3) is 5.91 Å². The molecule has 0 aliphatic heterocycles. The number of halogens is 1. The lowest BCUT2D eigenvalue weighted by Crippen LogP contribution is -2.13. The maximum Gasteiger partial charge on any atom is 0.258 e. The first-order valence-corrected chi connectivity index (χ1v) is 8.91. The van der Waals surface area contributed by atoms with Crippen molar-refractivity contribution in [1.82, 2.24) is 19.7 Å². The van der Waals surface area contributed by atoms with Crippen LogP contribution in [-0.2, 0) is 7.05 Å². The molecule has 0 saturated heterocycles. The van der Waals surface area contributed by atoms with Gasteiger partial charge in [-0.2, -0.15) is 5.10 Å². The van der Waals surface area contributed by atoms with Crippen molar-refractivity contribution in [3.05, 3.63) is 33.0 Å². The molecular formula is C15H14BrN5OS. The van der Waals surface area contributed by atoms with E-state index in [1.54, 1.807) is 10.9 Å². The summed E-state index contributed by atoms with van der Waals surface area (Å²) in [6, 6.07) is 1.91. The molecule has 3 aromatic heterocycles. The fourth-order valence-corrected chi connectivity index (χ4v) is 3.81. The number of aryl methyl sites for hydroxylation is 2. The Labute approximate surface area is 145 Å². The quantitative estimate of drug-likeness (QED) is 0.739. The van der Waals surface area contributed by atoms with Crippen molar-refractivity contribution in [2.45, 2.75) is 25.7 Å². The second kappa shape index (κ2) is 5.38. The fraction of sp³-hybridized carbons (Fsp3) is 0.333. The smallest absolute Gasteiger partial charge is 0.258 e. The van der Waals surface area contributed by atoms with Crippen LogP contribution in [0.25, 0.3) is 11.0 Å². The van der Waals surface area contributed by atoms with Crippen molar-refractivity contribution < 1.29 is 4.79 Å². The zero-order valence-corrected chi connectivity index (χ0v) is 15.0. The molecule has 0 unspecified atom stereocenters. The molecule has 0 radical (unpaired) electrons. The van der Waals surface area contributed by atoms with Gasteiger partial charge in [0.15, 0.2) is 10.8 Å². The Morgan fingerprint density at radius 1 is 1.48 bits per heavy atom. The molecule has 8 heteroatoms. The van der Waals surface area contributed by atoms with Crippen LogP contribution in [0.1, 0.15) is 40.5 Å². The van der Waals surface area contributed by atoms with Crippen molar-refractivity contribution in [1.29, 1.82) is 0 Å². The Morgan fingerprint density at radius 3 is 2.91 bits per heavy atom. The fourth-order valence-electron chi connectivity index (χ4n) is 2.71. The minimum atomic E-state index is -0.169. The van der Waals surface area contributed by atoms with E-state index in [-0.39, 0.29) is 5.91 Å². The summed E-state index contributed by atoms with van der Waals surface area (Å²) in [6.07, 6.45) is 3.94. The van der Waals surface area contributed by atoms with Gasteiger partial charge in [-0.1, -0.05) is 11.3 Å². The molecule has 118 valence electrons. The Hall–Kier alpha value is -1.80. The lowest BCUT2D eigenvalue weighted by Gasteiger charge is -2.07. The predicted octanol–water partition coefficient (Wildman–Crippen LogP) is 3.63. The number of nitrogens with zero attached hydrogens (tertiary/aromatic N) is 4. The minimum Gasteiger partial charge on any atom is -0.298 e. The number of hydrogen-bond acceptors (Lipinski definition) is 5. The number of thiazole rings is 1. The number of nitrogens with one attached hydrogen (secondary N) is 1. The molecule has 0 bridgehead atoms. The molecule has 3 heterocycles. The summed E-state index contributed by atoms with van der Waals surface area (Å²) in [5.74, 6) is 0.299. The Morgan fingerprint density at radius 2 is 2.26 bits per heavy atom. The van der Waals surface area contributed by atoms with Crippen LogP contribution < -0.4 is 5.32 Å². The highest BCUT2D eigenvalue weighted by Crippen LogP contribution is 2.40. The van der Waals surface area contributed by atoms with E-state index in [0.29, 0.717) is 16.6 Å². The van der Waals surface area contributed by atoms with Gasteiger partial charge in [0.05, 0.1) is 26.6 Å². The van der Waals surface area contributed by atoms with Crippen LogP contribution in [0, 0.1) is 6.92 Å². The standard InChI is InChI=1S/C15H14BrN5OS/c1-7-12-9(14(22)19-15-17-6-11(16)23-15)5-10(8-3-4-8)18-13(12)21(2)20-7/h5-6,8H,3-4H2,1-2H3,(H,17,19,22). The zero-order valence-electron chi connectivity index (χ0n) is 12.6. The van der Waals surface area contributed by atoms with Crippen molar-refractivity contribution in [3.8, 4) is 0 Å². The molecule has 23 heavy (non-hydrogen) atoms. The number of carbonyl (C=O) groups is 1. The molecular weight excluding hydrogens is 378 g/mol. The van der Waals surface area contributed by atoms with Gasteiger partial charge in [-0.05, 0) is 41.8 Å². The molecule has 0 atom stereocenters. The van der Waals surface area contributed by atoms with Crippen molar-refractivity contribution >= 4 is 49.3 Å². The summed E-state index contributed by atoms with van der Waals surface area (Å²) < 4.78 is 2.62. The molecule has 1 N–H and O–H groups in total. The Balaban J connectivity index is 1.82. The molecule has 1 aliphatic carbocycles. The second-order valence-corrected chi connectivity index (χ2v) is 8.11. The number of rotatable bonds is 3. The maximum absolute atomic E-state index is 12.8. The number of aromatic nitrogens is 4. The highest BCUT2D eigenvalue weighted by Gasteiger charge is 2.28. The van der Waals surface area contributed by atoms with E-state index in [0.717, 1.165) is 39.0 Å². The SMILES string of the molecule is Cc1nn(C)c2nc(C3CC3)cc(C(=O)Nc3ncc(Br)s3)c12. The molecule has 3 aromatic rings. The number of fused-ring (bicyclic) bond motifs is 1. The first-order chi connectivity index (χ1) is 11.0. The molecule has 1 aliphatic rings. The van der Waals surface area contributed by atoms with Crippen molar-refractivity contribution in [2.24, 2.45) is 7.05 Å². The molecule has 1 amide bonds. The van der Waals surface area contributed by atoms with Gasteiger partial charge >= 0.3 is 0 Å². The average molecular weight is 392 g/mol. The summed E-state index contributed by atoms with van der Waals surface area (Å²) in [5.41, 5.74) is 3.17. The van der Waals surface area contributed by atoms with E-state index in [1.165, 1.54) is 11.3 Å². The largest absolute Gasteiger partial charge is 0.298 e. The van der Waals surface area contributed by atoms with Crippen LogP contribution in [0.15, 0.2) is 16.0 Å². The molecule has 0 aromatic carbocycles. The third-order valence-corrected chi connectivity index (χ3v) is 5.32. The monoisotopic (exact) mass is 391 g/mol. The molecule has 1 saturated carbocycles. The van der Waals surface area contributed by atoms with Gasteiger partial charge in [0.2, 0.25) is 0 Å². The number of pyridine rings is 1. The van der Waals surface area contributed by atoms with E-state index in [4.69, 9.17) is 4.98 Å². The number of carbonyl (C=O) groups excluding carboxylic acids is 1. The topological polar surface area (TPSA) is 72.7 Å². The Kier molecular flexibility index (Phi) is 3.46. The molecule has 6 nitrogen and oxygen atoms in total. The lowest BCUT2D eigenvalue weighted by atomic mass is 10.1. The van der Waals surface area contributed by atoms with Crippen LogP contribution in [0.5, 0.6) is 0 Å². The average Bonchev–Trinajstić information content (AvgIpc) is 3.23. The van der Waals surface area contributed by atoms with Gasteiger partial charge in [-0.15, -0.1) is 0 Å². The number of anilines is 1. The predicted molar refractivity (Wildman–Crippen MR) is 93.0 cm³/mol. The maximum atomic E-state index is 12.8. The van der Waals surface area contributed by atoms with Crippen LogP contribution in [0.4, 0.5) is 5.13 Å². The van der Waals surface area contributed by atoms with Gasteiger partial charge in [-0.25, -0.2) is 9.97 Å². The van der Waals surface area contributed by atoms with Gasteiger partial charge < -0.3 is 0 Å². The zero-order chi connectivity index (χ0) is 16.1. The molecule has 1 fully saturated rings. The van der Waals surface area contributed by atoms with Gasteiger partial charge in [-0.3, -0.25) is 14.8 Å². The number of amides is 1. The van der Waals surface area contributed by atoms with Crippen LogP contribution in [-0.4, -0.2) is 25.7 Å². The summed E-state index contributed by atoms with van der Waals surface area (Å²) in [5, 5.41) is 8.67.